The van der Waals surface area contributed by atoms with E-state index in [2.05, 4.69) is 4.99 Å². The van der Waals surface area contributed by atoms with Crippen LogP contribution in [0.2, 0.25) is 5.02 Å². The third-order valence-corrected chi connectivity index (χ3v) is 3.03. The van der Waals surface area contributed by atoms with Crippen molar-refractivity contribution in [3.8, 4) is 6.19 Å². The van der Waals surface area contributed by atoms with Crippen molar-refractivity contribution in [1.82, 2.24) is 4.90 Å². The lowest BCUT2D eigenvalue weighted by atomic mass is 10.1. The molecule has 1 atom stereocenters. The summed E-state index contributed by atoms with van der Waals surface area (Å²) in [7, 11) is 0. The van der Waals surface area contributed by atoms with Crippen LogP contribution in [-0.4, -0.2) is 24.1 Å². The van der Waals surface area contributed by atoms with Crippen molar-refractivity contribution in [2.24, 2.45) is 4.99 Å². The van der Waals surface area contributed by atoms with E-state index in [1.807, 2.05) is 36.1 Å². The summed E-state index contributed by atoms with van der Waals surface area (Å²) in [6, 6.07) is 8.15. The normalized spacial score (nSPS) is 18.9. The van der Waals surface area contributed by atoms with E-state index in [-0.39, 0.29) is 6.04 Å². The van der Waals surface area contributed by atoms with Gasteiger partial charge in [-0.1, -0.05) is 23.7 Å². The maximum Gasteiger partial charge on any atom is 0.303 e. The Labute approximate surface area is 105 Å². The molecule has 0 radical (unpaired) electrons. The molecule has 2 rings (SSSR count). The Morgan fingerprint density at radius 1 is 1.47 bits per heavy atom. The molecule has 0 aliphatic carbocycles. The summed E-state index contributed by atoms with van der Waals surface area (Å²) < 4.78 is 5.30. The molecule has 0 bridgehead atoms. The highest BCUT2D eigenvalue weighted by Gasteiger charge is 2.26. The van der Waals surface area contributed by atoms with Crippen molar-refractivity contribution in [3.05, 3.63) is 34.9 Å². The first-order chi connectivity index (χ1) is 8.22. The second-order valence-corrected chi connectivity index (χ2v) is 4.20. The average molecular weight is 250 g/mol. The molecular formula is C12H12ClN3O. The summed E-state index contributed by atoms with van der Waals surface area (Å²) in [6.07, 6.45) is 1.76. The van der Waals surface area contributed by atoms with Crippen LogP contribution >= 0.6 is 11.6 Å². The lowest BCUT2D eigenvalue weighted by Crippen LogP contribution is -2.28. The highest BCUT2D eigenvalue weighted by molar-refractivity contribution is 6.30. The minimum atomic E-state index is 0.113. The van der Waals surface area contributed by atoms with Crippen LogP contribution < -0.4 is 0 Å². The number of nitrogens with zero attached hydrogens (tertiary/aromatic N) is 3. The fraction of sp³-hybridized carbons (Fsp3) is 0.333. The van der Waals surface area contributed by atoms with Gasteiger partial charge in [-0.25, -0.2) is 0 Å². The van der Waals surface area contributed by atoms with Crippen molar-refractivity contribution >= 4 is 17.6 Å². The van der Waals surface area contributed by atoms with Gasteiger partial charge in [-0.2, -0.15) is 5.26 Å². The zero-order valence-corrected chi connectivity index (χ0v) is 10.2. The van der Waals surface area contributed by atoms with Crippen LogP contribution in [-0.2, 0) is 4.74 Å². The molecule has 0 aromatic heterocycles. The number of nitriles is 1. The summed E-state index contributed by atoms with van der Waals surface area (Å²) >= 11 is 5.85. The Balaban J connectivity index is 2.20. The molecule has 1 aliphatic rings. The molecule has 0 N–H and O–H groups in total. The molecule has 0 saturated carbocycles. The van der Waals surface area contributed by atoms with Gasteiger partial charge in [0.05, 0.1) is 12.6 Å². The predicted octanol–water partition coefficient (Wildman–Crippen LogP) is 2.57. The van der Waals surface area contributed by atoms with Gasteiger partial charge in [0.25, 0.3) is 0 Å². The summed E-state index contributed by atoms with van der Waals surface area (Å²) in [5.41, 5.74) is 1.12. The molecule has 88 valence electrons. The number of benzene rings is 1. The van der Waals surface area contributed by atoms with E-state index in [0.717, 1.165) is 12.1 Å². The molecule has 17 heavy (non-hydrogen) atoms. The zero-order valence-electron chi connectivity index (χ0n) is 9.43. The molecule has 0 amide bonds. The van der Waals surface area contributed by atoms with E-state index in [4.69, 9.17) is 21.6 Å². The lowest BCUT2D eigenvalue weighted by molar-refractivity contribution is 0.347. The third kappa shape index (κ3) is 2.51. The fourth-order valence-electron chi connectivity index (χ4n) is 1.83. The van der Waals surface area contributed by atoms with Crippen LogP contribution in [0.3, 0.4) is 0 Å². The van der Waals surface area contributed by atoms with E-state index < -0.39 is 0 Å². The maximum atomic E-state index is 8.57. The maximum absolute atomic E-state index is 8.57. The second-order valence-electron chi connectivity index (χ2n) is 3.76. The minimum Gasteiger partial charge on any atom is -0.462 e. The number of aliphatic imine (C=N–C) groups is 1. The number of amidine groups is 1. The van der Waals surface area contributed by atoms with Crippen molar-refractivity contribution in [3.63, 3.8) is 0 Å². The molecule has 1 aromatic carbocycles. The Morgan fingerprint density at radius 2 is 2.18 bits per heavy atom. The molecule has 1 heterocycles. The van der Waals surface area contributed by atoms with Gasteiger partial charge in [0.2, 0.25) is 6.19 Å². The van der Waals surface area contributed by atoms with Crippen LogP contribution in [0.5, 0.6) is 0 Å². The van der Waals surface area contributed by atoms with Crippen LogP contribution in [0.1, 0.15) is 18.5 Å². The Hall–Kier alpha value is -1.73. The van der Waals surface area contributed by atoms with E-state index >= 15 is 0 Å². The summed E-state index contributed by atoms with van der Waals surface area (Å²) in [4.78, 5) is 5.63. The lowest BCUT2D eigenvalue weighted by Gasteiger charge is -2.23. The third-order valence-electron chi connectivity index (χ3n) is 2.77. The van der Waals surface area contributed by atoms with Crippen molar-refractivity contribution in [1.29, 1.82) is 5.26 Å². The molecule has 1 aliphatic heterocycles. The number of ether oxygens (including phenoxy) is 1. The topological polar surface area (TPSA) is 48.6 Å². The molecule has 4 nitrogen and oxygen atoms in total. The predicted molar refractivity (Wildman–Crippen MR) is 65.6 cm³/mol. The largest absolute Gasteiger partial charge is 0.462 e. The van der Waals surface area contributed by atoms with Crippen LogP contribution in [0.25, 0.3) is 0 Å². The number of rotatable bonds is 2. The summed E-state index contributed by atoms with van der Waals surface area (Å²) in [5.74, 6) is 0. The zero-order chi connectivity index (χ0) is 12.3. The standard InChI is InChI=1S/C12H12ClN3O/c1-9(10-2-4-11(13)5-3-10)16-6-7-17-12(16)15-8-14/h2-5,9H,6-7H2,1H3. The van der Waals surface area contributed by atoms with E-state index in [1.165, 1.54) is 0 Å². The molecular weight excluding hydrogens is 238 g/mol. The molecule has 1 aromatic rings. The Morgan fingerprint density at radius 3 is 2.82 bits per heavy atom. The van der Waals surface area contributed by atoms with Gasteiger partial charge in [-0.3, -0.25) is 0 Å². The van der Waals surface area contributed by atoms with Crippen LogP contribution in [0, 0.1) is 11.5 Å². The van der Waals surface area contributed by atoms with Gasteiger partial charge < -0.3 is 9.64 Å². The van der Waals surface area contributed by atoms with Crippen molar-refractivity contribution in [2.45, 2.75) is 13.0 Å². The quantitative estimate of drug-likeness (QED) is 0.757. The molecule has 1 unspecified atom stereocenters. The average Bonchev–Trinajstić information content (AvgIpc) is 2.78. The monoisotopic (exact) mass is 249 g/mol. The van der Waals surface area contributed by atoms with Crippen LogP contribution in [0.15, 0.2) is 29.3 Å². The highest BCUT2D eigenvalue weighted by Crippen LogP contribution is 2.24. The Bertz CT molecular complexity index is 464. The van der Waals surface area contributed by atoms with Gasteiger partial charge in [-0.15, -0.1) is 4.99 Å². The van der Waals surface area contributed by atoms with E-state index in [1.54, 1.807) is 6.19 Å². The van der Waals surface area contributed by atoms with Crippen LogP contribution in [0.4, 0.5) is 0 Å². The Kier molecular flexibility index (Phi) is 3.50. The number of hydrogen-bond donors (Lipinski definition) is 0. The summed E-state index contributed by atoms with van der Waals surface area (Å²) in [5, 5.41) is 9.28. The second kappa shape index (κ2) is 5.07. The molecule has 1 fully saturated rings. The number of halogens is 1. The summed E-state index contributed by atoms with van der Waals surface area (Å²) in [6.45, 7) is 3.35. The minimum absolute atomic E-state index is 0.113. The SMILES string of the molecule is CC(c1ccc(Cl)cc1)N1CCOC1=NC#N. The molecule has 5 heteroatoms. The number of hydrogen-bond acceptors (Lipinski definition) is 3. The molecule has 0 spiro atoms. The first-order valence-electron chi connectivity index (χ1n) is 5.34. The van der Waals surface area contributed by atoms with Gasteiger partial charge in [0.15, 0.2) is 0 Å². The van der Waals surface area contributed by atoms with E-state index in [0.29, 0.717) is 17.7 Å². The van der Waals surface area contributed by atoms with Gasteiger partial charge >= 0.3 is 6.02 Å². The fourth-order valence-corrected chi connectivity index (χ4v) is 1.96. The van der Waals surface area contributed by atoms with Crippen molar-refractivity contribution < 1.29 is 4.74 Å². The first kappa shape index (κ1) is 11.7. The van der Waals surface area contributed by atoms with Gasteiger partial charge in [0.1, 0.15) is 6.61 Å². The van der Waals surface area contributed by atoms with Gasteiger partial charge in [0, 0.05) is 5.02 Å². The van der Waals surface area contributed by atoms with Crippen molar-refractivity contribution in [2.75, 3.05) is 13.2 Å². The molecule has 1 saturated heterocycles. The smallest absolute Gasteiger partial charge is 0.303 e. The van der Waals surface area contributed by atoms with E-state index in [9.17, 15) is 0 Å². The highest BCUT2D eigenvalue weighted by atomic mass is 35.5. The van der Waals surface area contributed by atoms with Gasteiger partial charge in [-0.05, 0) is 24.6 Å². The first-order valence-corrected chi connectivity index (χ1v) is 5.72.